The molecular weight excluding hydrogens is 248 g/mol. The zero-order valence-electron chi connectivity index (χ0n) is 10.9. The topological polar surface area (TPSA) is 46.3 Å². The van der Waals surface area contributed by atoms with Crippen molar-refractivity contribution in [1.82, 2.24) is 4.90 Å². The number of nitrogens with zero attached hydrogens (tertiary/aromatic N) is 1. The van der Waals surface area contributed by atoms with Crippen molar-refractivity contribution in [3.05, 3.63) is 35.4 Å². The van der Waals surface area contributed by atoms with Gasteiger partial charge in [0.05, 0.1) is 12.1 Å². The molecule has 18 heavy (non-hydrogen) atoms. The van der Waals surface area contributed by atoms with Crippen LogP contribution < -0.4 is 5.73 Å². The molecule has 2 atom stereocenters. The highest BCUT2D eigenvalue weighted by atomic mass is 35.5. The van der Waals surface area contributed by atoms with Gasteiger partial charge in [0.25, 0.3) is 0 Å². The van der Waals surface area contributed by atoms with Crippen LogP contribution >= 0.6 is 12.4 Å². The number of halogens is 1. The second-order valence-electron chi connectivity index (χ2n) is 4.89. The predicted octanol–water partition coefficient (Wildman–Crippen LogP) is 2.43. The van der Waals surface area contributed by atoms with Gasteiger partial charge in [0.15, 0.2) is 0 Å². The molecule has 1 fully saturated rings. The molecule has 1 aliphatic rings. The summed E-state index contributed by atoms with van der Waals surface area (Å²) in [6.07, 6.45) is 2.11. The van der Waals surface area contributed by atoms with E-state index in [-0.39, 0.29) is 24.4 Å². The molecule has 2 rings (SSSR count). The van der Waals surface area contributed by atoms with Gasteiger partial charge in [-0.3, -0.25) is 4.79 Å². The van der Waals surface area contributed by atoms with Crippen molar-refractivity contribution in [3.63, 3.8) is 0 Å². The van der Waals surface area contributed by atoms with Crippen molar-refractivity contribution in [3.8, 4) is 0 Å². The molecule has 100 valence electrons. The number of rotatable bonds is 2. The summed E-state index contributed by atoms with van der Waals surface area (Å²) in [5.41, 5.74) is 8.16. The van der Waals surface area contributed by atoms with E-state index in [1.54, 1.807) is 6.92 Å². The zero-order chi connectivity index (χ0) is 12.4. The van der Waals surface area contributed by atoms with Crippen LogP contribution in [0.15, 0.2) is 24.3 Å². The van der Waals surface area contributed by atoms with Crippen LogP contribution in [0, 0.1) is 6.92 Å². The lowest BCUT2D eigenvalue weighted by Crippen LogP contribution is -2.41. The summed E-state index contributed by atoms with van der Waals surface area (Å²) in [4.78, 5) is 13.9. The molecule has 4 heteroatoms. The van der Waals surface area contributed by atoms with Gasteiger partial charge in [-0.25, -0.2) is 0 Å². The molecule has 1 aliphatic heterocycles. The van der Waals surface area contributed by atoms with Crippen LogP contribution in [0.25, 0.3) is 0 Å². The fourth-order valence-electron chi connectivity index (χ4n) is 2.43. The molecule has 1 aromatic rings. The minimum atomic E-state index is -0.402. The summed E-state index contributed by atoms with van der Waals surface area (Å²) in [5, 5.41) is 0. The molecule has 0 aliphatic carbocycles. The predicted molar refractivity (Wildman–Crippen MR) is 75.8 cm³/mol. The Balaban J connectivity index is 0.00000162. The van der Waals surface area contributed by atoms with E-state index >= 15 is 0 Å². The summed E-state index contributed by atoms with van der Waals surface area (Å²) in [7, 11) is 0. The summed E-state index contributed by atoms with van der Waals surface area (Å²) in [5.74, 6) is 0.0630. The van der Waals surface area contributed by atoms with E-state index in [1.807, 2.05) is 4.90 Å². The van der Waals surface area contributed by atoms with E-state index in [2.05, 4.69) is 31.2 Å². The first-order valence-electron chi connectivity index (χ1n) is 6.22. The molecule has 0 aromatic heterocycles. The molecule has 2 N–H and O–H groups in total. The standard InChI is InChI=1S/C14H20N2O.ClH/c1-10-5-7-12(8-6-10)13-4-3-9-16(13)14(17)11(2)15;/h5-8,11,13H,3-4,9,15H2,1-2H3;1H/t11-,13?;/m0./s1. The van der Waals surface area contributed by atoms with Crippen molar-refractivity contribution in [2.24, 2.45) is 5.73 Å². The van der Waals surface area contributed by atoms with Gasteiger partial charge in [0.2, 0.25) is 5.91 Å². The number of likely N-dealkylation sites (tertiary alicyclic amines) is 1. The van der Waals surface area contributed by atoms with Crippen molar-refractivity contribution < 1.29 is 4.79 Å². The molecule has 1 unspecified atom stereocenters. The Kier molecular flexibility index (Phi) is 5.17. The first-order chi connectivity index (χ1) is 8.09. The Morgan fingerprint density at radius 1 is 1.39 bits per heavy atom. The van der Waals surface area contributed by atoms with Gasteiger partial charge in [-0.2, -0.15) is 0 Å². The van der Waals surface area contributed by atoms with E-state index in [4.69, 9.17) is 5.73 Å². The Morgan fingerprint density at radius 2 is 2.00 bits per heavy atom. The van der Waals surface area contributed by atoms with Crippen molar-refractivity contribution >= 4 is 18.3 Å². The van der Waals surface area contributed by atoms with Crippen molar-refractivity contribution in [2.75, 3.05) is 6.54 Å². The number of carbonyl (C=O) groups is 1. The highest BCUT2D eigenvalue weighted by Gasteiger charge is 2.30. The van der Waals surface area contributed by atoms with Gasteiger partial charge < -0.3 is 10.6 Å². The number of benzene rings is 1. The van der Waals surface area contributed by atoms with Gasteiger partial charge in [-0.05, 0) is 32.3 Å². The largest absolute Gasteiger partial charge is 0.334 e. The summed E-state index contributed by atoms with van der Waals surface area (Å²) in [6.45, 7) is 4.66. The third-order valence-corrected chi connectivity index (χ3v) is 3.39. The minimum Gasteiger partial charge on any atom is -0.334 e. The number of carbonyl (C=O) groups excluding carboxylic acids is 1. The van der Waals surface area contributed by atoms with Gasteiger partial charge in [0.1, 0.15) is 0 Å². The number of amides is 1. The lowest BCUT2D eigenvalue weighted by Gasteiger charge is -2.26. The van der Waals surface area contributed by atoms with Crippen LogP contribution in [0.1, 0.15) is 36.9 Å². The first kappa shape index (κ1) is 15.0. The van der Waals surface area contributed by atoms with E-state index in [1.165, 1.54) is 11.1 Å². The van der Waals surface area contributed by atoms with Crippen LogP contribution in [0.3, 0.4) is 0 Å². The lowest BCUT2D eigenvalue weighted by molar-refractivity contribution is -0.133. The Labute approximate surface area is 115 Å². The van der Waals surface area contributed by atoms with Gasteiger partial charge in [-0.15, -0.1) is 12.4 Å². The number of nitrogens with two attached hydrogens (primary N) is 1. The fourth-order valence-corrected chi connectivity index (χ4v) is 2.43. The van der Waals surface area contributed by atoms with Crippen LogP contribution in [0.2, 0.25) is 0 Å². The first-order valence-corrected chi connectivity index (χ1v) is 6.22. The van der Waals surface area contributed by atoms with Crippen molar-refractivity contribution in [1.29, 1.82) is 0 Å². The molecule has 1 saturated heterocycles. The third kappa shape index (κ3) is 3.03. The van der Waals surface area contributed by atoms with E-state index in [0.717, 1.165) is 19.4 Å². The molecule has 1 aromatic carbocycles. The zero-order valence-corrected chi connectivity index (χ0v) is 11.7. The quantitative estimate of drug-likeness (QED) is 0.895. The SMILES string of the molecule is Cc1ccc(C2CCCN2C(=O)[C@H](C)N)cc1.Cl. The normalized spacial score (nSPS) is 20.4. The maximum absolute atomic E-state index is 12.0. The highest BCUT2D eigenvalue weighted by Crippen LogP contribution is 2.32. The summed E-state index contributed by atoms with van der Waals surface area (Å²) >= 11 is 0. The van der Waals surface area contributed by atoms with E-state index < -0.39 is 6.04 Å². The molecule has 3 nitrogen and oxygen atoms in total. The van der Waals surface area contributed by atoms with Gasteiger partial charge in [0, 0.05) is 6.54 Å². The Hall–Kier alpha value is -1.06. The molecule has 0 spiro atoms. The van der Waals surface area contributed by atoms with Crippen LogP contribution in [-0.4, -0.2) is 23.4 Å². The van der Waals surface area contributed by atoms with E-state index in [9.17, 15) is 4.79 Å². The van der Waals surface area contributed by atoms with Crippen LogP contribution in [0.4, 0.5) is 0 Å². The number of aryl methyl sites for hydroxylation is 1. The molecule has 0 saturated carbocycles. The van der Waals surface area contributed by atoms with Crippen molar-refractivity contribution in [2.45, 2.75) is 38.8 Å². The van der Waals surface area contributed by atoms with Crippen LogP contribution in [0.5, 0.6) is 0 Å². The number of hydrogen-bond donors (Lipinski definition) is 1. The second-order valence-corrected chi connectivity index (χ2v) is 4.89. The molecule has 0 radical (unpaired) electrons. The summed E-state index contributed by atoms with van der Waals surface area (Å²) < 4.78 is 0. The number of hydrogen-bond acceptors (Lipinski definition) is 2. The lowest BCUT2D eigenvalue weighted by atomic mass is 10.0. The van der Waals surface area contributed by atoms with Gasteiger partial charge in [-0.1, -0.05) is 29.8 Å². The fraction of sp³-hybridized carbons (Fsp3) is 0.500. The third-order valence-electron chi connectivity index (χ3n) is 3.39. The molecule has 1 amide bonds. The monoisotopic (exact) mass is 268 g/mol. The molecule has 0 bridgehead atoms. The smallest absolute Gasteiger partial charge is 0.239 e. The highest BCUT2D eigenvalue weighted by molar-refractivity contribution is 5.85. The Bertz CT molecular complexity index is 403. The average Bonchev–Trinajstić information content (AvgIpc) is 2.77. The van der Waals surface area contributed by atoms with Crippen LogP contribution in [-0.2, 0) is 4.79 Å². The van der Waals surface area contributed by atoms with Gasteiger partial charge >= 0.3 is 0 Å². The molecule has 1 heterocycles. The second kappa shape index (κ2) is 6.21. The summed E-state index contributed by atoms with van der Waals surface area (Å²) in [6, 6.07) is 8.25. The maximum Gasteiger partial charge on any atom is 0.239 e. The molecular formula is C14H21ClN2O. The Morgan fingerprint density at radius 3 is 2.56 bits per heavy atom. The van der Waals surface area contributed by atoms with E-state index in [0.29, 0.717) is 0 Å². The average molecular weight is 269 g/mol. The minimum absolute atomic E-state index is 0. The maximum atomic E-state index is 12.0.